The molecule has 3 rings (SSSR count). The van der Waals surface area contributed by atoms with E-state index in [2.05, 4.69) is 0 Å². The Bertz CT molecular complexity index is 933. The van der Waals surface area contributed by atoms with E-state index >= 15 is 0 Å². The maximum Gasteiger partial charge on any atom is 0.261 e. The molecule has 0 radical (unpaired) electrons. The van der Waals surface area contributed by atoms with Gasteiger partial charge < -0.3 is 9.64 Å². The molecule has 1 saturated heterocycles. The molecule has 1 aromatic carbocycles. The zero-order chi connectivity index (χ0) is 19.6. The number of benzene rings is 1. The Morgan fingerprint density at radius 1 is 1.19 bits per heavy atom. The van der Waals surface area contributed by atoms with Crippen molar-refractivity contribution in [3.05, 3.63) is 51.2 Å². The zero-order valence-electron chi connectivity index (χ0n) is 15.9. The van der Waals surface area contributed by atoms with Crippen molar-refractivity contribution in [3.63, 3.8) is 0 Å². The Kier molecular flexibility index (Phi) is 5.91. The van der Waals surface area contributed by atoms with E-state index in [1.807, 2.05) is 50.4 Å². The number of sulfone groups is 1. The molecule has 5 nitrogen and oxygen atoms in total. The van der Waals surface area contributed by atoms with Gasteiger partial charge in [-0.25, -0.2) is 8.42 Å². The number of carbonyl (C=O) groups is 1. The van der Waals surface area contributed by atoms with Gasteiger partial charge in [0.2, 0.25) is 0 Å². The van der Waals surface area contributed by atoms with Gasteiger partial charge in [-0.15, -0.1) is 11.3 Å². The van der Waals surface area contributed by atoms with E-state index < -0.39 is 9.84 Å². The van der Waals surface area contributed by atoms with E-state index in [-0.39, 0.29) is 30.1 Å². The van der Waals surface area contributed by atoms with Crippen molar-refractivity contribution >= 4 is 27.1 Å². The Morgan fingerprint density at radius 2 is 1.96 bits per heavy atom. The van der Waals surface area contributed by atoms with E-state index in [4.69, 9.17) is 4.74 Å². The summed E-state index contributed by atoms with van der Waals surface area (Å²) in [6.45, 7) is 6.36. The van der Waals surface area contributed by atoms with Crippen LogP contribution in [0.4, 0.5) is 0 Å². The van der Waals surface area contributed by atoms with Crippen molar-refractivity contribution < 1.29 is 17.9 Å². The first-order chi connectivity index (χ1) is 12.7. The Balaban J connectivity index is 1.73. The van der Waals surface area contributed by atoms with Crippen LogP contribution in [0.1, 0.15) is 28.0 Å². The van der Waals surface area contributed by atoms with Crippen LogP contribution in [0.3, 0.4) is 0 Å². The molecule has 1 fully saturated rings. The quantitative estimate of drug-likeness (QED) is 0.737. The van der Waals surface area contributed by atoms with Gasteiger partial charge in [0.25, 0.3) is 5.91 Å². The number of hydrogen-bond acceptors (Lipinski definition) is 5. The lowest BCUT2D eigenvalue weighted by Gasteiger charge is -2.28. The topological polar surface area (TPSA) is 63.7 Å². The molecular weight excluding hydrogens is 382 g/mol. The number of amides is 1. The fourth-order valence-electron chi connectivity index (χ4n) is 3.19. The van der Waals surface area contributed by atoms with Gasteiger partial charge in [-0.3, -0.25) is 4.79 Å². The van der Waals surface area contributed by atoms with E-state index in [0.29, 0.717) is 18.7 Å². The number of thiophene rings is 1. The lowest BCUT2D eigenvalue weighted by molar-refractivity contribution is -0.135. The fourth-order valence-corrected chi connectivity index (χ4v) is 5.83. The van der Waals surface area contributed by atoms with Crippen LogP contribution >= 0.6 is 11.3 Å². The first kappa shape index (κ1) is 19.9. The van der Waals surface area contributed by atoms with Gasteiger partial charge in [0.15, 0.2) is 16.4 Å². The average Bonchev–Trinajstić information content (AvgIpc) is 3.18. The molecule has 0 saturated carbocycles. The minimum Gasteiger partial charge on any atom is -0.484 e. The molecule has 1 aliphatic rings. The Labute approximate surface area is 164 Å². The normalized spacial score (nSPS) is 18.4. The molecule has 146 valence electrons. The largest absolute Gasteiger partial charge is 0.484 e. The number of nitrogens with zero attached hydrogens (tertiary/aromatic N) is 1. The highest BCUT2D eigenvalue weighted by molar-refractivity contribution is 7.91. The van der Waals surface area contributed by atoms with E-state index in [0.717, 1.165) is 16.0 Å². The van der Waals surface area contributed by atoms with E-state index in [9.17, 15) is 13.2 Å². The Morgan fingerprint density at radius 3 is 2.56 bits per heavy atom. The standard InChI is InChI=1S/C20H25NO4S2/c1-14-4-5-18(10-16(14)3)25-12-20(22)21(11-19-15(2)6-8-26-19)17-7-9-27(23,24)13-17/h4-6,8,10,17H,7,9,11-13H2,1-3H3/t17-/m1/s1. The summed E-state index contributed by atoms with van der Waals surface area (Å²) in [4.78, 5) is 15.7. The summed E-state index contributed by atoms with van der Waals surface area (Å²) in [5.74, 6) is 0.649. The number of aryl methyl sites for hydroxylation is 3. The van der Waals surface area contributed by atoms with Crippen LogP contribution in [0, 0.1) is 20.8 Å². The number of rotatable bonds is 6. The molecule has 1 amide bonds. The van der Waals surface area contributed by atoms with Gasteiger partial charge in [0.05, 0.1) is 18.1 Å². The maximum atomic E-state index is 12.9. The van der Waals surface area contributed by atoms with Crippen LogP contribution in [0.2, 0.25) is 0 Å². The highest BCUT2D eigenvalue weighted by Crippen LogP contribution is 2.24. The summed E-state index contributed by atoms with van der Waals surface area (Å²) >= 11 is 1.59. The Hall–Kier alpha value is -1.86. The van der Waals surface area contributed by atoms with Crippen molar-refractivity contribution in [2.75, 3.05) is 18.1 Å². The van der Waals surface area contributed by atoms with Crippen LogP contribution in [0.5, 0.6) is 5.75 Å². The lowest BCUT2D eigenvalue weighted by Crippen LogP contribution is -2.43. The molecule has 27 heavy (non-hydrogen) atoms. The third kappa shape index (κ3) is 4.90. The monoisotopic (exact) mass is 407 g/mol. The third-order valence-electron chi connectivity index (χ3n) is 5.09. The molecule has 1 aromatic heterocycles. The molecule has 0 N–H and O–H groups in total. The lowest BCUT2D eigenvalue weighted by atomic mass is 10.1. The second-order valence-electron chi connectivity index (χ2n) is 7.14. The number of hydrogen-bond donors (Lipinski definition) is 0. The predicted octanol–water partition coefficient (Wildman–Crippen LogP) is 3.27. The third-order valence-corrected chi connectivity index (χ3v) is 7.85. The van der Waals surface area contributed by atoms with Crippen molar-refractivity contribution in [1.82, 2.24) is 4.90 Å². The summed E-state index contributed by atoms with van der Waals surface area (Å²) < 4.78 is 29.5. The first-order valence-electron chi connectivity index (χ1n) is 8.98. The van der Waals surface area contributed by atoms with Crippen LogP contribution in [0.25, 0.3) is 0 Å². The van der Waals surface area contributed by atoms with Crippen LogP contribution in [-0.2, 0) is 21.2 Å². The summed E-state index contributed by atoms with van der Waals surface area (Å²) in [6, 6.07) is 7.46. The summed E-state index contributed by atoms with van der Waals surface area (Å²) in [5.41, 5.74) is 3.39. The van der Waals surface area contributed by atoms with Gasteiger partial charge in [-0.05, 0) is 67.5 Å². The minimum absolute atomic E-state index is 0.0345. The molecule has 2 heterocycles. The smallest absolute Gasteiger partial charge is 0.261 e. The molecular formula is C20H25NO4S2. The van der Waals surface area contributed by atoms with Crippen molar-refractivity contribution in [3.8, 4) is 5.75 Å². The van der Waals surface area contributed by atoms with Gasteiger partial charge in [-0.1, -0.05) is 6.07 Å². The molecule has 0 aliphatic carbocycles. The summed E-state index contributed by atoms with van der Waals surface area (Å²) in [7, 11) is -3.07. The highest BCUT2D eigenvalue weighted by Gasteiger charge is 2.35. The molecule has 0 spiro atoms. The first-order valence-corrected chi connectivity index (χ1v) is 11.7. The van der Waals surface area contributed by atoms with Gasteiger partial charge in [0, 0.05) is 10.9 Å². The summed E-state index contributed by atoms with van der Waals surface area (Å²) in [5, 5.41) is 1.99. The van der Waals surface area contributed by atoms with Crippen LogP contribution in [0.15, 0.2) is 29.6 Å². The highest BCUT2D eigenvalue weighted by atomic mass is 32.2. The van der Waals surface area contributed by atoms with Crippen molar-refractivity contribution in [2.45, 2.75) is 39.8 Å². The molecule has 1 atom stereocenters. The van der Waals surface area contributed by atoms with Gasteiger partial charge in [-0.2, -0.15) is 0 Å². The second-order valence-corrected chi connectivity index (χ2v) is 10.4. The number of ether oxygens (including phenoxy) is 1. The number of carbonyl (C=O) groups excluding carboxylic acids is 1. The predicted molar refractivity (Wildman–Crippen MR) is 108 cm³/mol. The van der Waals surface area contributed by atoms with Crippen LogP contribution in [-0.4, -0.2) is 43.4 Å². The average molecular weight is 408 g/mol. The van der Waals surface area contributed by atoms with Crippen molar-refractivity contribution in [2.24, 2.45) is 0 Å². The molecule has 0 bridgehead atoms. The van der Waals surface area contributed by atoms with Crippen molar-refractivity contribution in [1.29, 1.82) is 0 Å². The van der Waals surface area contributed by atoms with Gasteiger partial charge >= 0.3 is 0 Å². The molecule has 7 heteroatoms. The minimum atomic E-state index is -3.07. The second kappa shape index (κ2) is 8.02. The maximum absolute atomic E-state index is 12.9. The molecule has 2 aromatic rings. The van der Waals surface area contributed by atoms with E-state index in [1.165, 1.54) is 5.56 Å². The van der Waals surface area contributed by atoms with E-state index in [1.54, 1.807) is 16.2 Å². The van der Waals surface area contributed by atoms with Gasteiger partial charge in [0.1, 0.15) is 5.75 Å². The SMILES string of the molecule is Cc1ccc(OCC(=O)N(Cc2sccc2C)[C@@H]2CCS(=O)(=O)C2)cc1C. The molecule has 1 aliphatic heterocycles. The summed E-state index contributed by atoms with van der Waals surface area (Å²) in [6.07, 6.45) is 0.488. The fraction of sp³-hybridized carbons (Fsp3) is 0.450. The zero-order valence-corrected chi connectivity index (χ0v) is 17.5. The van der Waals surface area contributed by atoms with Crippen LogP contribution < -0.4 is 4.74 Å². The molecule has 0 unspecified atom stereocenters.